The summed E-state index contributed by atoms with van der Waals surface area (Å²) in [4.78, 5) is 9.74. The fourth-order valence-corrected chi connectivity index (χ4v) is 1.35. The zero-order valence-corrected chi connectivity index (χ0v) is 7.92. The SMILES string of the molecule is Cl.O=[N+]([O-])S(=O)(=O)c1ccccc1. The molecule has 0 aromatic heterocycles. The molecule has 0 radical (unpaired) electrons. The van der Waals surface area contributed by atoms with Gasteiger partial charge in [0.05, 0.1) is 0 Å². The van der Waals surface area contributed by atoms with Gasteiger partial charge in [0.1, 0.15) is 4.90 Å². The number of nitro groups is 1. The van der Waals surface area contributed by atoms with Crippen molar-refractivity contribution in [2.45, 2.75) is 4.90 Å². The van der Waals surface area contributed by atoms with Gasteiger partial charge in [0.2, 0.25) is 0 Å². The first-order valence-corrected chi connectivity index (χ1v) is 4.44. The smallest absolute Gasteiger partial charge is 0.247 e. The van der Waals surface area contributed by atoms with Crippen molar-refractivity contribution >= 4 is 22.4 Å². The molecule has 0 heterocycles. The molecule has 1 aromatic rings. The van der Waals surface area contributed by atoms with Gasteiger partial charge < -0.3 is 0 Å². The van der Waals surface area contributed by atoms with Crippen molar-refractivity contribution in [2.75, 3.05) is 0 Å². The molecule has 0 amide bonds. The highest BCUT2D eigenvalue weighted by molar-refractivity contribution is 7.85. The summed E-state index contributed by atoms with van der Waals surface area (Å²) < 4.78 is 20.4. The number of benzene rings is 1. The minimum Gasteiger partial charge on any atom is -0.247 e. The van der Waals surface area contributed by atoms with Gasteiger partial charge in [0.25, 0.3) is 0 Å². The van der Waals surface area contributed by atoms with Crippen LogP contribution in [0.1, 0.15) is 0 Å². The van der Waals surface area contributed by atoms with Crippen LogP contribution in [0.25, 0.3) is 0 Å². The van der Waals surface area contributed by atoms with Gasteiger partial charge in [-0.3, -0.25) is 0 Å². The summed E-state index contributed by atoms with van der Waals surface area (Å²) in [6.07, 6.45) is 0. The van der Waals surface area contributed by atoms with Crippen molar-refractivity contribution in [2.24, 2.45) is 0 Å². The molecule has 0 bridgehead atoms. The zero-order chi connectivity index (χ0) is 9.19. The first-order valence-electron chi connectivity index (χ1n) is 3.00. The predicted octanol–water partition coefficient (Wildman–Crippen LogP) is 1.07. The number of rotatable bonds is 2. The molecule has 0 saturated heterocycles. The van der Waals surface area contributed by atoms with Crippen LogP contribution >= 0.6 is 12.4 Å². The lowest BCUT2D eigenvalue weighted by Gasteiger charge is -1.92. The Labute approximate surface area is 81.0 Å². The summed E-state index contributed by atoms with van der Waals surface area (Å²) in [7, 11) is -4.35. The summed E-state index contributed by atoms with van der Waals surface area (Å²) in [6.45, 7) is 0. The molecule has 7 heteroatoms. The third-order valence-corrected chi connectivity index (χ3v) is 2.50. The molecule has 1 aromatic carbocycles. The summed E-state index contributed by atoms with van der Waals surface area (Å²) in [6, 6.07) is 6.79. The number of nitrogens with zero attached hydrogens (tertiary/aromatic N) is 1. The summed E-state index contributed by atoms with van der Waals surface area (Å²) in [5.41, 5.74) is 0. The average molecular weight is 224 g/mol. The Morgan fingerprint density at radius 2 is 1.62 bits per heavy atom. The van der Waals surface area contributed by atoms with Gasteiger partial charge in [-0.2, -0.15) is 8.42 Å². The highest BCUT2D eigenvalue weighted by Crippen LogP contribution is 2.09. The van der Waals surface area contributed by atoms with E-state index in [1.165, 1.54) is 24.3 Å². The predicted molar refractivity (Wildman–Crippen MR) is 47.9 cm³/mol. The Hall–Kier alpha value is -1.14. The van der Waals surface area contributed by atoms with Gasteiger partial charge in [0.15, 0.2) is 4.33 Å². The number of sulfonamides is 1. The van der Waals surface area contributed by atoms with Gasteiger partial charge in [0, 0.05) is 0 Å². The van der Waals surface area contributed by atoms with Crippen LogP contribution < -0.4 is 0 Å². The molecule has 0 spiro atoms. The Bertz CT molecular complexity index is 388. The normalized spacial score (nSPS) is 10.2. The Morgan fingerprint density at radius 3 is 2.00 bits per heavy atom. The van der Waals surface area contributed by atoms with Crippen molar-refractivity contribution in [3.63, 3.8) is 0 Å². The van der Waals surface area contributed by atoms with Crippen LogP contribution in [0.15, 0.2) is 35.2 Å². The van der Waals surface area contributed by atoms with E-state index in [0.29, 0.717) is 0 Å². The second-order valence-electron chi connectivity index (χ2n) is 2.01. The lowest BCUT2D eigenvalue weighted by Crippen LogP contribution is -2.12. The number of hydrogen-bond acceptors (Lipinski definition) is 4. The van der Waals surface area contributed by atoms with E-state index in [9.17, 15) is 18.5 Å². The van der Waals surface area contributed by atoms with Crippen LogP contribution in [0.5, 0.6) is 0 Å². The molecule has 0 aliphatic rings. The van der Waals surface area contributed by atoms with Crippen LogP contribution in [0, 0.1) is 10.1 Å². The molecule has 0 fully saturated rings. The molecule has 0 unspecified atom stereocenters. The maximum absolute atomic E-state index is 10.8. The molecule has 5 nitrogen and oxygen atoms in total. The zero-order valence-electron chi connectivity index (χ0n) is 6.28. The van der Waals surface area contributed by atoms with Gasteiger partial charge in [-0.05, 0) is 12.1 Å². The molecule has 0 aliphatic carbocycles. The number of halogens is 1. The molecule has 0 saturated carbocycles. The first-order chi connectivity index (χ1) is 5.55. The Balaban J connectivity index is 0.00000144. The van der Waals surface area contributed by atoms with Crippen LogP contribution in [-0.4, -0.2) is 12.7 Å². The summed E-state index contributed by atoms with van der Waals surface area (Å²) in [5.74, 6) is 0. The molecule has 0 atom stereocenters. The lowest BCUT2D eigenvalue weighted by molar-refractivity contribution is -0.305. The summed E-state index contributed by atoms with van der Waals surface area (Å²) >= 11 is 0. The molecular weight excluding hydrogens is 218 g/mol. The van der Waals surface area contributed by atoms with Gasteiger partial charge in [-0.25, -0.2) is 10.1 Å². The van der Waals surface area contributed by atoms with Crippen molar-refractivity contribution in [1.29, 1.82) is 0 Å². The second kappa shape index (κ2) is 4.20. The molecule has 1 rings (SSSR count). The minimum atomic E-state index is -4.35. The van der Waals surface area contributed by atoms with E-state index in [-0.39, 0.29) is 17.3 Å². The Kier molecular flexibility index (Phi) is 3.83. The van der Waals surface area contributed by atoms with Crippen molar-refractivity contribution in [1.82, 2.24) is 0 Å². The highest BCUT2D eigenvalue weighted by atomic mass is 35.5. The molecule has 0 N–H and O–H groups in total. The van der Waals surface area contributed by atoms with Crippen molar-refractivity contribution in [3.05, 3.63) is 40.4 Å². The van der Waals surface area contributed by atoms with Gasteiger partial charge in [-0.1, -0.05) is 18.2 Å². The average Bonchev–Trinajstić information content (AvgIpc) is 2.06. The van der Waals surface area contributed by atoms with Gasteiger partial charge in [-0.15, -0.1) is 12.4 Å². The van der Waals surface area contributed by atoms with E-state index in [0.717, 1.165) is 0 Å². The molecule has 72 valence electrons. The van der Waals surface area contributed by atoms with Crippen LogP contribution in [-0.2, 0) is 10.0 Å². The minimum absolute atomic E-state index is 0. The molecular formula is C6H6ClNO4S. The van der Waals surface area contributed by atoms with Crippen molar-refractivity contribution < 1.29 is 12.7 Å². The lowest BCUT2D eigenvalue weighted by atomic mass is 10.4. The molecule has 0 aliphatic heterocycles. The highest BCUT2D eigenvalue weighted by Gasteiger charge is 2.25. The summed E-state index contributed by atoms with van der Waals surface area (Å²) in [5, 5.41) is 10.0. The van der Waals surface area contributed by atoms with E-state index in [4.69, 9.17) is 0 Å². The third-order valence-electron chi connectivity index (χ3n) is 1.24. The van der Waals surface area contributed by atoms with Crippen LogP contribution in [0.3, 0.4) is 0 Å². The van der Waals surface area contributed by atoms with Crippen LogP contribution in [0.2, 0.25) is 0 Å². The quantitative estimate of drug-likeness (QED) is 0.555. The van der Waals surface area contributed by atoms with E-state index >= 15 is 0 Å². The van der Waals surface area contributed by atoms with E-state index in [1.807, 2.05) is 0 Å². The molecule has 13 heavy (non-hydrogen) atoms. The fourth-order valence-electron chi connectivity index (χ4n) is 0.679. The standard InChI is InChI=1S/C6H5NO4S.ClH/c8-7(9)12(10,11)6-4-2-1-3-5-6;/h1-5H;1H. The maximum Gasteiger partial charge on any atom is 0.448 e. The fraction of sp³-hybridized carbons (Fsp3) is 0. The third kappa shape index (κ3) is 2.40. The first kappa shape index (κ1) is 11.9. The van der Waals surface area contributed by atoms with E-state index in [2.05, 4.69) is 0 Å². The van der Waals surface area contributed by atoms with E-state index < -0.39 is 14.4 Å². The number of hydrogen-bond donors (Lipinski definition) is 0. The largest absolute Gasteiger partial charge is 0.448 e. The Morgan fingerprint density at radius 1 is 1.15 bits per heavy atom. The second-order valence-corrected chi connectivity index (χ2v) is 3.73. The monoisotopic (exact) mass is 223 g/mol. The topological polar surface area (TPSA) is 77.3 Å². The van der Waals surface area contributed by atoms with Gasteiger partial charge >= 0.3 is 10.0 Å². The maximum atomic E-state index is 10.8. The van der Waals surface area contributed by atoms with Crippen molar-refractivity contribution in [3.8, 4) is 0 Å². The van der Waals surface area contributed by atoms with Crippen LogP contribution in [0.4, 0.5) is 0 Å². The van der Waals surface area contributed by atoms with E-state index in [1.54, 1.807) is 6.07 Å².